The maximum absolute atomic E-state index is 14.0. The standard InChI is InChI=1S/6C11H13BrFN/c1-6(2)10-8(13)5-9(12)14-11(10)7-3-4-7;1-6(2)9-10(13)8(7-3-4-7)5-14-11(9)12;1-6(2)10-8(7-3-4-7)5-9(12)14-11(10)13;1-6(2)8-5-14-11(12)10(13)9(8)7-3-4-7;1-6(2)8-5-9(13)11(12)14-10(8)7-3-4-7;1-6(2)8-5-9(7-3-4-7)11(13)14-10(8)12/h6*5-7H,3-4H2,1-2H3. The van der Waals surface area contributed by atoms with Crippen LogP contribution in [-0.2, 0) is 0 Å². The second-order valence-electron chi connectivity index (χ2n) is 25.0. The van der Waals surface area contributed by atoms with Gasteiger partial charge in [0.2, 0.25) is 11.9 Å². The van der Waals surface area contributed by atoms with Crippen molar-refractivity contribution in [1.82, 2.24) is 29.9 Å². The fourth-order valence-corrected chi connectivity index (χ4v) is 13.1. The van der Waals surface area contributed by atoms with Crippen LogP contribution in [0.1, 0.15) is 298 Å². The molecule has 84 heavy (non-hydrogen) atoms. The van der Waals surface area contributed by atoms with E-state index in [4.69, 9.17) is 0 Å². The summed E-state index contributed by atoms with van der Waals surface area (Å²) in [5.41, 5.74) is 11.3. The van der Waals surface area contributed by atoms with Crippen molar-refractivity contribution in [2.45, 2.75) is 231 Å². The summed E-state index contributed by atoms with van der Waals surface area (Å²) < 4.78 is 85.1. The second-order valence-corrected chi connectivity index (χ2v) is 29.6. The molecule has 6 aliphatic carbocycles. The monoisotopic (exact) mass is 1540 g/mol. The Bertz CT molecular complexity index is 3120. The van der Waals surface area contributed by atoms with Gasteiger partial charge in [-0.3, -0.25) is 0 Å². The zero-order valence-electron chi connectivity index (χ0n) is 50.1. The Labute approximate surface area is 544 Å². The number of hydrogen-bond acceptors (Lipinski definition) is 6. The van der Waals surface area contributed by atoms with E-state index in [1.54, 1.807) is 18.5 Å². The molecule has 0 aromatic carbocycles. The third kappa shape index (κ3) is 18.7. The van der Waals surface area contributed by atoms with E-state index < -0.39 is 0 Å². The molecule has 0 aliphatic heterocycles. The molecule has 6 fully saturated rings. The van der Waals surface area contributed by atoms with E-state index in [0.717, 1.165) is 118 Å². The van der Waals surface area contributed by atoms with Crippen LogP contribution in [0.4, 0.5) is 26.3 Å². The van der Waals surface area contributed by atoms with Gasteiger partial charge in [-0.15, -0.1) is 0 Å². The van der Waals surface area contributed by atoms with Gasteiger partial charge >= 0.3 is 0 Å². The lowest BCUT2D eigenvalue weighted by Gasteiger charge is -2.13. The second kappa shape index (κ2) is 30.2. The molecule has 6 saturated carbocycles. The van der Waals surface area contributed by atoms with Gasteiger partial charge < -0.3 is 0 Å². The molecule has 6 aromatic heterocycles. The molecular weight excluding hydrogens is 1470 g/mol. The minimum atomic E-state index is -0.309. The smallest absolute Gasteiger partial charge is 0.217 e. The van der Waals surface area contributed by atoms with Crippen LogP contribution in [-0.4, -0.2) is 29.9 Å². The Kier molecular flexibility index (Phi) is 24.8. The van der Waals surface area contributed by atoms with Crippen LogP contribution in [0.3, 0.4) is 0 Å². The molecule has 18 heteroatoms. The first-order valence-corrected chi connectivity index (χ1v) is 34.5. The van der Waals surface area contributed by atoms with Gasteiger partial charge in [0.1, 0.15) is 39.3 Å². The molecule has 0 amide bonds. The van der Waals surface area contributed by atoms with E-state index >= 15 is 0 Å². The highest BCUT2D eigenvalue weighted by Gasteiger charge is 2.35. The zero-order valence-corrected chi connectivity index (χ0v) is 59.6. The summed E-state index contributed by atoms with van der Waals surface area (Å²) in [6.07, 6.45) is 17.2. The average Bonchev–Trinajstić information content (AvgIpc) is 4.25. The van der Waals surface area contributed by atoms with Gasteiger partial charge in [0.15, 0.2) is 11.6 Å². The van der Waals surface area contributed by atoms with Crippen LogP contribution >= 0.6 is 95.6 Å². The lowest BCUT2D eigenvalue weighted by Crippen LogP contribution is -2.02. The van der Waals surface area contributed by atoms with Crippen molar-refractivity contribution in [1.29, 1.82) is 0 Å². The topological polar surface area (TPSA) is 77.3 Å². The van der Waals surface area contributed by atoms with E-state index in [2.05, 4.69) is 167 Å². The Morgan fingerprint density at radius 3 is 1.32 bits per heavy atom. The van der Waals surface area contributed by atoms with Gasteiger partial charge in [0.05, 0.1) is 5.69 Å². The van der Waals surface area contributed by atoms with Crippen molar-refractivity contribution in [3.63, 3.8) is 0 Å². The molecule has 0 bridgehead atoms. The maximum Gasteiger partial charge on any atom is 0.217 e. The van der Waals surface area contributed by atoms with Crippen LogP contribution in [0, 0.1) is 35.2 Å². The molecule has 6 aromatic rings. The Balaban J connectivity index is 0.000000145. The third-order valence-corrected chi connectivity index (χ3v) is 18.8. The van der Waals surface area contributed by atoms with Crippen molar-refractivity contribution in [2.24, 2.45) is 0 Å². The largest absolute Gasteiger partial charge is 0.249 e. The average molecular weight is 1550 g/mol. The molecule has 0 radical (unpaired) electrons. The van der Waals surface area contributed by atoms with Crippen molar-refractivity contribution in [2.75, 3.05) is 0 Å². The predicted octanol–water partition coefficient (Wildman–Crippen LogP) is 23.9. The van der Waals surface area contributed by atoms with Crippen LogP contribution in [0.2, 0.25) is 0 Å². The number of aromatic nitrogens is 6. The van der Waals surface area contributed by atoms with Crippen LogP contribution in [0.5, 0.6) is 0 Å². The molecule has 12 rings (SSSR count). The lowest BCUT2D eigenvalue weighted by molar-refractivity contribution is 0.549. The number of pyridine rings is 6. The van der Waals surface area contributed by atoms with Gasteiger partial charge in [0, 0.05) is 63.8 Å². The Hall–Kier alpha value is -2.64. The normalized spacial score (nSPS) is 16.4. The minimum absolute atomic E-state index is 0.0515. The van der Waals surface area contributed by atoms with Crippen LogP contribution < -0.4 is 0 Å². The molecule has 6 aliphatic rings. The zero-order chi connectivity index (χ0) is 61.8. The van der Waals surface area contributed by atoms with E-state index in [9.17, 15) is 26.3 Å². The highest BCUT2D eigenvalue weighted by Crippen LogP contribution is 2.48. The van der Waals surface area contributed by atoms with Crippen LogP contribution in [0.15, 0.2) is 64.3 Å². The highest BCUT2D eigenvalue weighted by atomic mass is 79.9. The molecule has 0 atom stereocenters. The lowest BCUT2D eigenvalue weighted by atomic mass is 9.96. The van der Waals surface area contributed by atoms with E-state index in [1.165, 1.54) is 31.7 Å². The van der Waals surface area contributed by atoms with Crippen molar-refractivity contribution in [3.05, 3.63) is 166 Å². The summed E-state index contributed by atoms with van der Waals surface area (Å²) in [7, 11) is 0. The van der Waals surface area contributed by atoms with E-state index in [0.29, 0.717) is 80.9 Å². The summed E-state index contributed by atoms with van der Waals surface area (Å²) in [6, 6.07) is 7.02. The Morgan fingerprint density at radius 2 is 0.821 bits per heavy atom. The fraction of sp³-hybridized carbons (Fsp3) is 0.545. The molecule has 456 valence electrons. The molecule has 0 N–H and O–H groups in total. The maximum atomic E-state index is 14.0. The van der Waals surface area contributed by atoms with Gasteiger partial charge in [0.25, 0.3) is 0 Å². The first-order chi connectivity index (χ1) is 39.6. The van der Waals surface area contributed by atoms with Gasteiger partial charge in [-0.05, 0) is 278 Å². The molecule has 0 spiro atoms. The van der Waals surface area contributed by atoms with Gasteiger partial charge in [-0.1, -0.05) is 83.1 Å². The summed E-state index contributed by atoms with van der Waals surface area (Å²) in [6.45, 7) is 24.5. The number of hydrogen-bond donors (Lipinski definition) is 0. The van der Waals surface area contributed by atoms with Gasteiger partial charge in [-0.2, -0.15) is 8.78 Å². The summed E-state index contributed by atoms with van der Waals surface area (Å²) in [5.74, 6) is 3.42. The molecular formula is C66H78Br6F6N6. The number of rotatable bonds is 12. The first-order valence-electron chi connectivity index (χ1n) is 29.7. The number of halogens is 12. The van der Waals surface area contributed by atoms with Gasteiger partial charge in [-0.25, -0.2) is 47.5 Å². The van der Waals surface area contributed by atoms with Crippen molar-refractivity contribution >= 4 is 95.6 Å². The SMILES string of the molecule is CC(C)c1c(Br)ncc(C2CC2)c1F.CC(C)c1c(C2CC2)cc(Br)nc1F.CC(C)c1c(F)cc(Br)nc1C1CC1.CC(C)c1cc(C2CC2)c(F)nc1Br.CC(C)c1cc(F)c(Br)nc1C1CC1.CC(C)c1cnc(Br)c(F)c1C1CC1. The Morgan fingerprint density at radius 1 is 0.345 bits per heavy atom. The summed E-state index contributed by atoms with van der Waals surface area (Å²) in [5, 5.41) is 0. The van der Waals surface area contributed by atoms with Crippen molar-refractivity contribution < 1.29 is 26.3 Å². The fourth-order valence-electron chi connectivity index (χ4n) is 10.2. The van der Waals surface area contributed by atoms with E-state index in [-0.39, 0.29) is 52.9 Å². The number of nitrogens with zero attached hydrogens (tertiary/aromatic N) is 6. The predicted molar refractivity (Wildman–Crippen MR) is 348 cm³/mol. The van der Waals surface area contributed by atoms with Crippen LogP contribution in [0.25, 0.3) is 0 Å². The molecule has 0 unspecified atom stereocenters. The van der Waals surface area contributed by atoms with Crippen molar-refractivity contribution in [3.8, 4) is 0 Å². The summed E-state index contributed by atoms with van der Waals surface area (Å²) in [4.78, 5) is 24.6. The molecule has 6 heterocycles. The summed E-state index contributed by atoms with van der Waals surface area (Å²) >= 11 is 19.4. The minimum Gasteiger partial charge on any atom is -0.249 e. The first kappa shape index (κ1) is 68.8. The molecule has 0 saturated heterocycles. The quantitative estimate of drug-likeness (QED) is 0.0897. The van der Waals surface area contributed by atoms with E-state index in [1.807, 2.05) is 53.7 Å². The molecule has 6 nitrogen and oxygen atoms in total. The third-order valence-electron chi connectivity index (χ3n) is 15.6. The highest BCUT2D eigenvalue weighted by molar-refractivity contribution is 9.11.